The highest BCUT2D eigenvalue weighted by Gasteiger charge is 2.16. The number of hydrogen-bond donors (Lipinski definition) is 1. The first-order valence-electron chi connectivity index (χ1n) is 10.2. The van der Waals surface area contributed by atoms with Crippen molar-refractivity contribution in [3.05, 3.63) is 83.2 Å². The quantitative estimate of drug-likeness (QED) is 0.417. The van der Waals surface area contributed by atoms with E-state index in [2.05, 4.69) is 0 Å². The summed E-state index contributed by atoms with van der Waals surface area (Å²) in [7, 11) is 0. The van der Waals surface area contributed by atoms with E-state index in [9.17, 15) is 18.3 Å². The van der Waals surface area contributed by atoms with E-state index in [-0.39, 0.29) is 30.1 Å². The van der Waals surface area contributed by atoms with Crippen LogP contribution in [0.25, 0.3) is 11.1 Å². The van der Waals surface area contributed by atoms with E-state index in [1.165, 1.54) is 18.2 Å². The molecule has 3 rings (SSSR count). The van der Waals surface area contributed by atoms with Gasteiger partial charge in [0.15, 0.2) is 11.6 Å². The van der Waals surface area contributed by atoms with E-state index in [4.69, 9.17) is 9.47 Å². The second-order valence-electron chi connectivity index (χ2n) is 7.15. The minimum absolute atomic E-state index is 0.121. The Kier molecular flexibility index (Phi) is 7.58. The van der Waals surface area contributed by atoms with Gasteiger partial charge in [0.05, 0.1) is 12.7 Å². The van der Waals surface area contributed by atoms with Crippen molar-refractivity contribution in [1.82, 2.24) is 0 Å². The summed E-state index contributed by atoms with van der Waals surface area (Å²) in [6.45, 7) is 4.00. The molecule has 3 aromatic carbocycles. The molecule has 0 spiro atoms. The molecule has 0 aromatic heterocycles. The molecule has 6 heteroatoms. The number of aliphatic hydroxyl groups excluding tert-OH is 1. The molecule has 0 aliphatic rings. The van der Waals surface area contributed by atoms with Crippen molar-refractivity contribution in [2.45, 2.75) is 39.4 Å². The van der Waals surface area contributed by atoms with Gasteiger partial charge in [0.1, 0.15) is 18.2 Å². The van der Waals surface area contributed by atoms with Crippen LogP contribution in [0.3, 0.4) is 0 Å². The minimum atomic E-state index is -1.02. The summed E-state index contributed by atoms with van der Waals surface area (Å²) in [4.78, 5) is 0. The number of hydrogen-bond acceptors (Lipinski definition) is 3. The zero-order valence-electron chi connectivity index (χ0n) is 17.5. The Labute approximate surface area is 180 Å². The van der Waals surface area contributed by atoms with E-state index in [0.29, 0.717) is 23.3 Å². The average Bonchev–Trinajstić information content (AvgIpc) is 2.76. The molecule has 0 saturated heterocycles. The molecule has 0 amide bonds. The third kappa shape index (κ3) is 5.39. The molecule has 0 aliphatic carbocycles. The minimum Gasteiger partial charge on any atom is -0.491 e. The molecule has 1 atom stereocenters. The molecule has 0 fully saturated rings. The van der Waals surface area contributed by atoms with Crippen molar-refractivity contribution in [3.8, 4) is 22.6 Å². The molecular formula is C25H25F3O3. The highest BCUT2D eigenvalue weighted by molar-refractivity contribution is 5.66. The van der Waals surface area contributed by atoms with Crippen LogP contribution in [-0.4, -0.2) is 11.7 Å². The van der Waals surface area contributed by atoms with Gasteiger partial charge >= 0.3 is 0 Å². The molecule has 164 valence electrons. The van der Waals surface area contributed by atoms with Crippen LogP contribution in [0.2, 0.25) is 0 Å². The van der Waals surface area contributed by atoms with E-state index in [1.54, 1.807) is 43.3 Å². The number of halogens is 3. The molecule has 1 N–H and O–H groups in total. The number of ether oxygens (including phenoxy) is 2. The van der Waals surface area contributed by atoms with Crippen molar-refractivity contribution >= 4 is 0 Å². The van der Waals surface area contributed by atoms with Crippen molar-refractivity contribution in [3.63, 3.8) is 0 Å². The van der Waals surface area contributed by atoms with Crippen molar-refractivity contribution in [1.29, 1.82) is 0 Å². The lowest BCUT2D eigenvalue weighted by Gasteiger charge is -2.13. The first-order valence-corrected chi connectivity index (χ1v) is 10.2. The zero-order chi connectivity index (χ0) is 22.4. The summed E-state index contributed by atoms with van der Waals surface area (Å²) >= 11 is 0. The van der Waals surface area contributed by atoms with E-state index < -0.39 is 23.6 Å². The molecule has 0 saturated carbocycles. The van der Waals surface area contributed by atoms with Gasteiger partial charge in [-0.1, -0.05) is 37.6 Å². The van der Waals surface area contributed by atoms with Gasteiger partial charge in [-0.25, -0.2) is 8.78 Å². The molecule has 0 radical (unpaired) electrons. The fourth-order valence-corrected chi connectivity index (χ4v) is 3.28. The molecular weight excluding hydrogens is 405 g/mol. The second-order valence-corrected chi connectivity index (χ2v) is 7.15. The second kappa shape index (κ2) is 10.4. The lowest BCUT2D eigenvalue weighted by Crippen LogP contribution is -2.03. The zero-order valence-corrected chi connectivity index (χ0v) is 17.5. The van der Waals surface area contributed by atoms with Crippen LogP contribution in [0.5, 0.6) is 11.5 Å². The third-order valence-corrected chi connectivity index (χ3v) is 4.90. The van der Waals surface area contributed by atoms with E-state index in [0.717, 1.165) is 6.42 Å². The van der Waals surface area contributed by atoms with Gasteiger partial charge < -0.3 is 14.6 Å². The molecule has 1 unspecified atom stereocenters. The molecule has 31 heavy (non-hydrogen) atoms. The van der Waals surface area contributed by atoms with Crippen LogP contribution in [0.15, 0.2) is 54.6 Å². The Morgan fingerprint density at radius 1 is 0.871 bits per heavy atom. The first-order chi connectivity index (χ1) is 14.9. The fraction of sp³-hybridized carbons (Fsp3) is 0.280. The Morgan fingerprint density at radius 2 is 1.61 bits per heavy atom. The smallest absolute Gasteiger partial charge is 0.201 e. The van der Waals surface area contributed by atoms with Gasteiger partial charge in [-0.15, -0.1) is 0 Å². The van der Waals surface area contributed by atoms with Gasteiger partial charge in [-0.05, 0) is 54.8 Å². The highest BCUT2D eigenvalue weighted by Crippen LogP contribution is 2.31. The van der Waals surface area contributed by atoms with Crippen LogP contribution in [-0.2, 0) is 6.61 Å². The van der Waals surface area contributed by atoms with Crippen LogP contribution in [0.4, 0.5) is 13.2 Å². The summed E-state index contributed by atoms with van der Waals surface area (Å²) in [6.07, 6.45) is 0.437. The normalized spacial score (nSPS) is 11.9. The van der Waals surface area contributed by atoms with Gasteiger partial charge in [-0.2, -0.15) is 4.39 Å². The van der Waals surface area contributed by atoms with Gasteiger partial charge in [0.25, 0.3) is 0 Å². The van der Waals surface area contributed by atoms with Crippen molar-refractivity contribution in [2.24, 2.45) is 0 Å². The van der Waals surface area contributed by atoms with Crippen molar-refractivity contribution in [2.75, 3.05) is 6.61 Å². The van der Waals surface area contributed by atoms with Crippen LogP contribution < -0.4 is 9.47 Å². The Bertz CT molecular complexity index is 1020. The molecule has 0 aliphatic heterocycles. The summed E-state index contributed by atoms with van der Waals surface area (Å²) in [5.41, 5.74) is 1.51. The van der Waals surface area contributed by atoms with Crippen LogP contribution >= 0.6 is 0 Å². The van der Waals surface area contributed by atoms with Crippen LogP contribution in [0, 0.1) is 17.5 Å². The largest absolute Gasteiger partial charge is 0.491 e. The van der Waals surface area contributed by atoms with Crippen molar-refractivity contribution < 1.29 is 27.8 Å². The topological polar surface area (TPSA) is 38.7 Å². The molecule has 0 bridgehead atoms. The predicted octanol–water partition coefficient (Wildman–Crippen LogP) is 6.58. The summed E-state index contributed by atoms with van der Waals surface area (Å²) in [5, 5.41) is 9.97. The maximum atomic E-state index is 14.4. The van der Waals surface area contributed by atoms with E-state index in [1.807, 2.05) is 6.92 Å². The average molecular weight is 430 g/mol. The summed E-state index contributed by atoms with van der Waals surface area (Å²) < 4.78 is 53.5. The van der Waals surface area contributed by atoms with E-state index >= 15 is 0 Å². The predicted molar refractivity (Wildman–Crippen MR) is 114 cm³/mol. The number of rotatable bonds is 9. The first kappa shape index (κ1) is 22.7. The summed E-state index contributed by atoms with van der Waals surface area (Å²) in [6, 6.07) is 14.0. The Hall–Kier alpha value is -2.99. The maximum Gasteiger partial charge on any atom is 0.201 e. The number of aliphatic hydroxyl groups is 1. The molecule has 3 nitrogen and oxygen atoms in total. The molecule has 0 heterocycles. The van der Waals surface area contributed by atoms with Gasteiger partial charge in [0.2, 0.25) is 5.82 Å². The summed E-state index contributed by atoms with van der Waals surface area (Å²) in [5.74, 6) is -2.07. The Morgan fingerprint density at radius 3 is 2.26 bits per heavy atom. The standard InChI is InChI=1S/C25H25F3O3/c1-3-5-22(29)20-11-6-16(14-21(20)26)15-31-18-9-7-17(8-10-18)19-12-13-23(30-4-2)25(28)24(19)27/h6-14,22,29H,3-5,15H2,1-2H3. The molecule has 3 aromatic rings. The number of benzene rings is 3. The fourth-order valence-electron chi connectivity index (χ4n) is 3.28. The highest BCUT2D eigenvalue weighted by atomic mass is 19.2. The maximum absolute atomic E-state index is 14.4. The van der Waals surface area contributed by atoms with Crippen LogP contribution in [0.1, 0.15) is 43.9 Å². The SMILES string of the molecule is CCCC(O)c1ccc(COc2ccc(-c3ccc(OCC)c(F)c3F)cc2)cc1F. The monoisotopic (exact) mass is 430 g/mol. The van der Waals surface area contributed by atoms with Gasteiger partial charge in [0, 0.05) is 11.1 Å². The third-order valence-electron chi connectivity index (χ3n) is 4.90. The Balaban J connectivity index is 1.68. The lowest BCUT2D eigenvalue weighted by molar-refractivity contribution is 0.161. The van der Waals surface area contributed by atoms with Gasteiger partial charge in [-0.3, -0.25) is 0 Å². The lowest BCUT2D eigenvalue weighted by atomic mass is 10.0.